The van der Waals surface area contributed by atoms with Crippen LogP contribution in [0.5, 0.6) is 5.75 Å². The van der Waals surface area contributed by atoms with E-state index in [9.17, 15) is 18.8 Å². The normalized spacial score (nSPS) is 21.3. The molecule has 2 aromatic carbocycles. The van der Waals surface area contributed by atoms with E-state index < -0.39 is 5.82 Å². The average Bonchev–Trinajstić information content (AvgIpc) is 2.82. The van der Waals surface area contributed by atoms with Crippen LogP contribution in [0, 0.1) is 11.7 Å². The molecule has 0 bridgehead atoms. The molecule has 188 valence electrons. The SMILES string of the molecule is CO[C@H]1CN(C)C(=O)c2ccc(NC(C)=O)cc2OC[C@H](C)N(C(=O)c2ccc(F)cc2)C[C@@H]1C. The summed E-state index contributed by atoms with van der Waals surface area (Å²) >= 11 is 0. The summed E-state index contributed by atoms with van der Waals surface area (Å²) in [4.78, 5) is 41.4. The molecule has 1 N–H and O–H groups in total. The average molecular weight is 486 g/mol. The predicted molar refractivity (Wildman–Crippen MR) is 130 cm³/mol. The summed E-state index contributed by atoms with van der Waals surface area (Å²) in [6.07, 6.45) is -0.331. The number of anilines is 1. The molecule has 1 aliphatic heterocycles. The van der Waals surface area contributed by atoms with Gasteiger partial charge in [-0.05, 0) is 43.3 Å². The van der Waals surface area contributed by atoms with E-state index in [1.165, 1.54) is 31.2 Å². The monoisotopic (exact) mass is 485 g/mol. The second-order valence-electron chi connectivity index (χ2n) is 8.95. The number of hydrogen-bond acceptors (Lipinski definition) is 5. The third kappa shape index (κ3) is 6.36. The van der Waals surface area contributed by atoms with E-state index >= 15 is 0 Å². The fourth-order valence-electron chi connectivity index (χ4n) is 4.09. The topological polar surface area (TPSA) is 88.2 Å². The molecule has 1 heterocycles. The number of ether oxygens (including phenoxy) is 2. The fraction of sp³-hybridized carbons (Fsp3) is 0.423. The summed E-state index contributed by atoms with van der Waals surface area (Å²) in [6, 6.07) is 9.91. The first-order valence-electron chi connectivity index (χ1n) is 11.5. The fourth-order valence-corrected chi connectivity index (χ4v) is 4.09. The van der Waals surface area contributed by atoms with Gasteiger partial charge in [-0.25, -0.2) is 4.39 Å². The Labute approximate surface area is 205 Å². The molecule has 0 fully saturated rings. The molecule has 1 aliphatic rings. The number of halogens is 1. The van der Waals surface area contributed by atoms with Crippen LogP contribution >= 0.6 is 0 Å². The number of amides is 3. The van der Waals surface area contributed by atoms with Crippen molar-refractivity contribution in [2.24, 2.45) is 5.92 Å². The maximum Gasteiger partial charge on any atom is 0.257 e. The van der Waals surface area contributed by atoms with E-state index in [1.807, 2.05) is 13.8 Å². The van der Waals surface area contributed by atoms with Gasteiger partial charge in [0.15, 0.2) is 0 Å². The minimum absolute atomic E-state index is 0.102. The summed E-state index contributed by atoms with van der Waals surface area (Å²) in [5.74, 6) is -0.964. The minimum atomic E-state index is -0.418. The van der Waals surface area contributed by atoms with Crippen molar-refractivity contribution in [3.8, 4) is 5.75 Å². The zero-order chi connectivity index (χ0) is 25.7. The van der Waals surface area contributed by atoms with Gasteiger partial charge < -0.3 is 24.6 Å². The van der Waals surface area contributed by atoms with Crippen LogP contribution in [0.4, 0.5) is 10.1 Å². The van der Waals surface area contributed by atoms with Gasteiger partial charge in [-0.1, -0.05) is 6.92 Å². The van der Waals surface area contributed by atoms with Crippen molar-refractivity contribution in [2.75, 3.05) is 39.2 Å². The van der Waals surface area contributed by atoms with Crippen molar-refractivity contribution in [1.29, 1.82) is 0 Å². The molecule has 3 amide bonds. The van der Waals surface area contributed by atoms with Gasteiger partial charge in [0.1, 0.15) is 18.2 Å². The number of rotatable bonds is 3. The van der Waals surface area contributed by atoms with Gasteiger partial charge in [-0.2, -0.15) is 0 Å². The van der Waals surface area contributed by atoms with E-state index in [-0.39, 0.29) is 42.4 Å². The molecule has 9 heteroatoms. The van der Waals surface area contributed by atoms with Crippen LogP contribution in [-0.4, -0.2) is 73.5 Å². The Morgan fingerprint density at radius 2 is 1.80 bits per heavy atom. The first kappa shape index (κ1) is 26.2. The lowest BCUT2D eigenvalue weighted by Crippen LogP contribution is -2.48. The number of nitrogens with zero attached hydrogens (tertiary/aromatic N) is 2. The molecule has 0 saturated carbocycles. The Morgan fingerprint density at radius 3 is 2.43 bits per heavy atom. The standard InChI is InChI=1S/C26H32FN3O5/c1-16-13-30(25(32)19-6-8-20(27)9-7-19)17(2)15-35-23-12-21(28-18(3)31)10-11-22(23)26(33)29(4)14-24(16)34-5/h6-12,16-17,24H,13-15H2,1-5H3,(H,28,31)/t16-,17-,24-/m0/s1. The van der Waals surface area contributed by atoms with Crippen molar-refractivity contribution in [3.63, 3.8) is 0 Å². The molecule has 0 unspecified atom stereocenters. The van der Waals surface area contributed by atoms with Crippen LogP contribution in [0.15, 0.2) is 42.5 Å². The third-order valence-corrected chi connectivity index (χ3v) is 6.12. The predicted octanol–water partition coefficient (Wildman–Crippen LogP) is 3.43. The van der Waals surface area contributed by atoms with E-state index in [0.29, 0.717) is 35.7 Å². The molecule has 8 nitrogen and oxygen atoms in total. The van der Waals surface area contributed by atoms with Crippen molar-refractivity contribution < 1.29 is 28.2 Å². The Hall–Kier alpha value is -3.46. The lowest BCUT2D eigenvalue weighted by Gasteiger charge is -2.36. The Bertz CT molecular complexity index is 1080. The van der Waals surface area contributed by atoms with Gasteiger partial charge in [-0.3, -0.25) is 14.4 Å². The van der Waals surface area contributed by atoms with E-state index in [0.717, 1.165) is 0 Å². The third-order valence-electron chi connectivity index (χ3n) is 6.12. The molecule has 0 radical (unpaired) electrons. The molecule has 35 heavy (non-hydrogen) atoms. The molecule has 0 aromatic heterocycles. The second kappa shape index (κ2) is 11.3. The summed E-state index contributed by atoms with van der Waals surface area (Å²) in [6.45, 7) is 5.96. The van der Waals surface area contributed by atoms with Gasteiger partial charge >= 0.3 is 0 Å². The van der Waals surface area contributed by atoms with Gasteiger partial charge in [0.2, 0.25) is 5.91 Å². The van der Waals surface area contributed by atoms with Crippen molar-refractivity contribution in [1.82, 2.24) is 9.80 Å². The van der Waals surface area contributed by atoms with Gasteiger partial charge in [-0.15, -0.1) is 0 Å². The Balaban J connectivity index is 2.00. The van der Waals surface area contributed by atoms with Crippen LogP contribution in [0.25, 0.3) is 0 Å². The summed E-state index contributed by atoms with van der Waals surface area (Å²) in [5, 5.41) is 2.69. The molecule has 3 rings (SSSR count). The van der Waals surface area contributed by atoms with Gasteiger partial charge in [0.25, 0.3) is 11.8 Å². The van der Waals surface area contributed by atoms with Crippen molar-refractivity contribution in [2.45, 2.75) is 32.9 Å². The number of benzene rings is 2. The second-order valence-corrected chi connectivity index (χ2v) is 8.95. The Morgan fingerprint density at radius 1 is 1.11 bits per heavy atom. The van der Waals surface area contributed by atoms with E-state index in [4.69, 9.17) is 9.47 Å². The zero-order valence-electron chi connectivity index (χ0n) is 20.7. The smallest absolute Gasteiger partial charge is 0.257 e. The van der Waals surface area contributed by atoms with E-state index in [1.54, 1.807) is 42.2 Å². The highest BCUT2D eigenvalue weighted by Crippen LogP contribution is 2.27. The molecule has 0 saturated heterocycles. The number of carbonyl (C=O) groups is 3. The number of likely N-dealkylation sites (N-methyl/N-ethyl adjacent to an activating group) is 1. The summed E-state index contributed by atoms with van der Waals surface area (Å²) < 4.78 is 25.2. The first-order valence-corrected chi connectivity index (χ1v) is 11.5. The largest absolute Gasteiger partial charge is 0.491 e. The van der Waals surface area contributed by atoms with Crippen LogP contribution in [0.2, 0.25) is 0 Å². The van der Waals surface area contributed by atoms with Crippen LogP contribution < -0.4 is 10.1 Å². The molecule has 2 aromatic rings. The molecular weight excluding hydrogens is 453 g/mol. The van der Waals surface area contributed by atoms with Crippen LogP contribution in [-0.2, 0) is 9.53 Å². The quantitative estimate of drug-likeness (QED) is 0.720. The van der Waals surface area contributed by atoms with Gasteiger partial charge in [0, 0.05) is 57.4 Å². The lowest BCUT2D eigenvalue weighted by atomic mass is 10.0. The van der Waals surface area contributed by atoms with Gasteiger partial charge in [0.05, 0.1) is 17.7 Å². The first-order chi connectivity index (χ1) is 16.6. The number of fused-ring (bicyclic) bond motifs is 1. The highest BCUT2D eigenvalue weighted by Gasteiger charge is 2.31. The number of methoxy groups -OCH3 is 1. The highest BCUT2D eigenvalue weighted by molar-refractivity contribution is 5.98. The van der Waals surface area contributed by atoms with E-state index in [2.05, 4.69) is 5.32 Å². The van der Waals surface area contributed by atoms with Crippen LogP contribution in [0.3, 0.4) is 0 Å². The number of carbonyl (C=O) groups excluding carboxylic acids is 3. The molecule has 0 aliphatic carbocycles. The highest BCUT2D eigenvalue weighted by atomic mass is 19.1. The Kier molecular flexibility index (Phi) is 8.45. The maximum atomic E-state index is 13.4. The molecular formula is C26H32FN3O5. The lowest BCUT2D eigenvalue weighted by molar-refractivity contribution is -0.114. The number of hydrogen-bond donors (Lipinski definition) is 1. The molecule has 3 atom stereocenters. The zero-order valence-corrected chi connectivity index (χ0v) is 20.7. The van der Waals surface area contributed by atoms with Crippen molar-refractivity contribution >= 4 is 23.4 Å². The maximum absolute atomic E-state index is 13.4. The summed E-state index contributed by atoms with van der Waals surface area (Å²) in [5.41, 5.74) is 1.20. The number of nitrogens with one attached hydrogen (secondary N) is 1. The summed E-state index contributed by atoms with van der Waals surface area (Å²) in [7, 11) is 3.26. The van der Waals surface area contributed by atoms with Crippen molar-refractivity contribution in [3.05, 3.63) is 59.4 Å². The minimum Gasteiger partial charge on any atom is -0.491 e. The van der Waals surface area contributed by atoms with Crippen LogP contribution in [0.1, 0.15) is 41.5 Å². The molecule has 0 spiro atoms.